The maximum absolute atomic E-state index is 13.6. The zero-order valence-electron chi connectivity index (χ0n) is 10.2. The first-order valence-corrected chi connectivity index (χ1v) is 6.91. The number of anilines is 1. The van der Waals surface area contributed by atoms with Gasteiger partial charge in [-0.3, -0.25) is 0 Å². The Labute approximate surface area is 110 Å². The second-order valence-corrected chi connectivity index (χ2v) is 6.16. The minimum atomic E-state index is -0.287. The third-order valence-electron chi connectivity index (χ3n) is 3.33. The lowest BCUT2D eigenvalue weighted by molar-refractivity contribution is 0.280. The first-order valence-electron chi connectivity index (χ1n) is 6.12. The third kappa shape index (κ3) is 3.41. The molecule has 4 heteroatoms. The van der Waals surface area contributed by atoms with Crippen LogP contribution in [0.1, 0.15) is 33.1 Å². The van der Waals surface area contributed by atoms with E-state index < -0.39 is 0 Å². The van der Waals surface area contributed by atoms with E-state index in [1.807, 2.05) is 0 Å². The summed E-state index contributed by atoms with van der Waals surface area (Å²) in [6.45, 7) is 4.52. The van der Waals surface area contributed by atoms with Crippen LogP contribution < -0.4 is 5.32 Å². The Hall–Kier alpha value is -0.640. The summed E-state index contributed by atoms with van der Waals surface area (Å²) >= 11 is 3.21. The van der Waals surface area contributed by atoms with Gasteiger partial charge in [-0.1, -0.05) is 13.8 Å². The first-order chi connectivity index (χ1) is 8.04. The van der Waals surface area contributed by atoms with E-state index >= 15 is 0 Å². The Balaban J connectivity index is 2.04. The minimum absolute atomic E-state index is 0.287. The molecular weight excluding hydrogens is 283 g/mol. The lowest BCUT2D eigenvalue weighted by atomic mass is 9.80. The zero-order chi connectivity index (χ0) is 12.4. The SMILES string of the molecule is CC1CC(C)CC(Nc2ncc(Br)cc2F)C1. The fraction of sp³-hybridized carbons (Fsp3) is 0.615. The van der Waals surface area contributed by atoms with Crippen LogP contribution in [0, 0.1) is 17.7 Å². The molecule has 1 aliphatic rings. The molecule has 1 heterocycles. The topological polar surface area (TPSA) is 24.9 Å². The fourth-order valence-corrected chi connectivity index (χ4v) is 3.08. The predicted octanol–water partition coefficient (Wildman–Crippen LogP) is 4.22. The largest absolute Gasteiger partial charge is 0.365 e. The molecule has 94 valence electrons. The van der Waals surface area contributed by atoms with Crippen LogP contribution in [0.3, 0.4) is 0 Å². The molecule has 1 saturated carbocycles. The quantitative estimate of drug-likeness (QED) is 0.884. The van der Waals surface area contributed by atoms with Crippen molar-refractivity contribution in [2.24, 2.45) is 11.8 Å². The molecule has 1 N–H and O–H groups in total. The number of nitrogens with zero attached hydrogens (tertiary/aromatic N) is 1. The van der Waals surface area contributed by atoms with E-state index in [1.165, 1.54) is 12.5 Å². The lowest BCUT2D eigenvalue weighted by Crippen LogP contribution is -2.30. The summed E-state index contributed by atoms with van der Waals surface area (Å²) in [7, 11) is 0. The van der Waals surface area contributed by atoms with E-state index in [2.05, 4.69) is 40.1 Å². The highest BCUT2D eigenvalue weighted by atomic mass is 79.9. The van der Waals surface area contributed by atoms with Crippen LogP contribution in [0.15, 0.2) is 16.7 Å². The van der Waals surface area contributed by atoms with Crippen molar-refractivity contribution in [2.75, 3.05) is 5.32 Å². The second-order valence-electron chi connectivity index (χ2n) is 5.24. The van der Waals surface area contributed by atoms with E-state index in [0.717, 1.165) is 12.8 Å². The average Bonchev–Trinajstić information content (AvgIpc) is 2.21. The van der Waals surface area contributed by atoms with Gasteiger partial charge in [-0.15, -0.1) is 0 Å². The molecular formula is C13H18BrFN2. The van der Waals surface area contributed by atoms with Crippen LogP contribution in [-0.2, 0) is 0 Å². The van der Waals surface area contributed by atoms with Gasteiger partial charge in [0.2, 0.25) is 0 Å². The van der Waals surface area contributed by atoms with Gasteiger partial charge in [0.25, 0.3) is 0 Å². The van der Waals surface area contributed by atoms with Crippen molar-refractivity contribution in [3.8, 4) is 0 Å². The van der Waals surface area contributed by atoms with Gasteiger partial charge < -0.3 is 5.32 Å². The summed E-state index contributed by atoms with van der Waals surface area (Å²) < 4.78 is 14.3. The summed E-state index contributed by atoms with van der Waals surface area (Å²) in [6.07, 6.45) is 5.10. The monoisotopic (exact) mass is 300 g/mol. The number of rotatable bonds is 2. The summed E-state index contributed by atoms with van der Waals surface area (Å²) in [5, 5.41) is 3.23. The smallest absolute Gasteiger partial charge is 0.166 e. The number of hydrogen-bond acceptors (Lipinski definition) is 2. The second kappa shape index (κ2) is 5.34. The van der Waals surface area contributed by atoms with Crippen molar-refractivity contribution in [2.45, 2.75) is 39.2 Å². The zero-order valence-corrected chi connectivity index (χ0v) is 11.8. The minimum Gasteiger partial charge on any atom is -0.365 e. The van der Waals surface area contributed by atoms with Crippen molar-refractivity contribution in [1.82, 2.24) is 4.98 Å². The highest BCUT2D eigenvalue weighted by Crippen LogP contribution is 2.30. The molecule has 0 amide bonds. The average molecular weight is 301 g/mol. The molecule has 17 heavy (non-hydrogen) atoms. The van der Waals surface area contributed by atoms with Gasteiger partial charge in [0.15, 0.2) is 11.6 Å². The summed E-state index contributed by atoms with van der Waals surface area (Å²) in [5.74, 6) is 1.49. The van der Waals surface area contributed by atoms with Crippen molar-refractivity contribution in [1.29, 1.82) is 0 Å². The number of pyridine rings is 1. The Bertz CT molecular complexity index is 387. The molecule has 0 spiro atoms. The molecule has 0 aliphatic heterocycles. The van der Waals surface area contributed by atoms with Crippen LogP contribution in [0.2, 0.25) is 0 Å². The Morgan fingerprint density at radius 2 is 1.94 bits per heavy atom. The highest BCUT2D eigenvalue weighted by Gasteiger charge is 2.24. The standard InChI is InChI=1S/C13H18BrFN2/c1-8-3-9(2)5-11(4-8)17-13-12(15)6-10(14)7-16-13/h6-9,11H,3-5H2,1-2H3,(H,16,17). The summed E-state index contributed by atoms with van der Waals surface area (Å²) in [5.41, 5.74) is 0. The van der Waals surface area contributed by atoms with Crippen molar-refractivity contribution < 1.29 is 4.39 Å². The van der Waals surface area contributed by atoms with Gasteiger partial charge in [0.1, 0.15) is 0 Å². The van der Waals surface area contributed by atoms with E-state index in [4.69, 9.17) is 0 Å². The normalized spacial score (nSPS) is 29.1. The molecule has 1 aromatic rings. The molecule has 1 fully saturated rings. The van der Waals surface area contributed by atoms with Crippen LogP contribution in [0.5, 0.6) is 0 Å². The van der Waals surface area contributed by atoms with Gasteiger partial charge in [-0.2, -0.15) is 0 Å². The Morgan fingerprint density at radius 1 is 1.29 bits per heavy atom. The summed E-state index contributed by atoms with van der Waals surface area (Å²) in [6, 6.07) is 1.79. The van der Waals surface area contributed by atoms with Gasteiger partial charge in [0, 0.05) is 16.7 Å². The molecule has 0 aromatic carbocycles. The Kier molecular flexibility index (Phi) is 4.02. The first kappa shape index (κ1) is 12.8. The van der Waals surface area contributed by atoms with Crippen LogP contribution in [0.25, 0.3) is 0 Å². The summed E-state index contributed by atoms with van der Waals surface area (Å²) in [4.78, 5) is 4.09. The van der Waals surface area contributed by atoms with Crippen LogP contribution in [0.4, 0.5) is 10.2 Å². The predicted molar refractivity (Wildman–Crippen MR) is 71.5 cm³/mol. The lowest BCUT2D eigenvalue weighted by Gasteiger charge is -2.32. The van der Waals surface area contributed by atoms with Crippen molar-refractivity contribution >= 4 is 21.7 Å². The molecule has 1 aromatic heterocycles. The van der Waals surface area contributed by atoms with E-state index in [1.54, 1.807) is 6.20 Å². The van der Waals surface area contributed by atoms with Crippen molar-refractivity contribution in [3.63, 3.8) is 0 Å². The number of hydrogen-bond donors (Lipinski definition) is 1. The van der Waals surface area contributed by atoms with Gasteiger partial charge >= 0.3 is 0 Å². The number of halogens is 2. The number of aromatic nitrogens is 1. The molecule has 2 rings (SSSR count). The van der Waals surface area contributed by atoms with E-state index in [-0.39, 0.29) is 5.82 Å². The molecule has 2 atom stereocenters. The highest BCUT2D eigenvalue weighted by molar-refractivity contribution is 9.10. The Morgan fingerprint density at radius 3 is 2.53 bits per heavy atom. The number of nitrogens with one attached hydrogen (secondary N) is 1. The van der Waals surface area contributed by atoms with E-state index in [0.29, 0.717) is 28.2 Å². The maximum atomic E-state index is 13.6. The molecule has 2 unspecified atom stereocenters. The van der Waals surface area contributed by atoms with Crippen LogP contribution >= 0.6 is 15.9 Å². The van der Waals surface area contributed by atoms with Gasteiger partial charge in [0.05, 0.1) is 0 Å². The van der Waals surface area contributed by atoms with Gasteiger partial charge in [-0.05, 0) is 53.1 Å². The molecule has 2 nitrogen and oxygen atoms in total. The molecule has 0 saturated heterocycles. The van der Waals surface area contributed by atoms with Gasteiger partial charge in [-0.25, -0.2) is 9.37 Å². The fourth-order valence-electron chi connectivity index (χ4n) is 2.78. The van der Waals surface area contributed by atoms with Crippen LogP contribution in [-0.4, -0.2) is 11.0 Å². The maximum Gasteiger partial charge on any atom is 0.166 e. The van der Waals surface area contributed by atoms with Crippen molar-refractivity contribution in [3.05, 3.63) is 22.6 Å². The van der Waals surface area contributed by atoms with E-state index in [9.17, 15) is 4.39 Å². The molecule has 1 aliphatic carbocycles. The third-order valence-corrected chi connectivity index (χ3v) is 3.76. The molecule has 0 radical (unpaired) electrons. The molecule has 0 bridgehead atoms.